The highest BCUT2D eigenvalue weighted by molar-refractivity contribution is 5.80. The third-order valence-electron chi connectivity index (χ3n) is 5.10. The van der Waals surface area contributed by atoms with Crippen molar-refractivity contribution in [3.63, 3.8) is 0 Å². The Bertz CT molecular complexity index is 711. The molecule has 1 aromatic heterocycles. The number of aliphatic imine (C=N–C) groups is 1. The van der Waals surface area contributed by atoms with Gasteiger partial charge < -0.3 is 14.8 Å². The van der Waals surface area contributed by atoms with Gasteiger partial charge in [-0.15, -0.1) is 0 Å². The quantitative estimate of drug-likeness (QED) is 0.629. The van der Waals surface area contributed by atoms with Crippen LogP contribution in [0.4, 0.5) is 0 Å². The summed E-state index contributed by atoms with van der Waals surface area (Å²) >= 11 is 0. The summed E-state index contributed by atoms with van der Waals surface area (Å²) in [5, 5.41) is 3.48. The van der Waals surface area contributed by atoms with Crippen LogP contribution in [0, 0.1) is 11.8 Å². The first-order valence-corrected chi connectivity index (χ1v) is 10.2. The molecule has 1 aliphatic rings. The van der Waals surface area contributed by atoms with Crippen molar-refractivity contribution in [2.24, 2.45) is 16.8 Å². The van der Waals surface area contributed by atoms with E-state index in [1.54, 1.807) is 0 Å². The molecule has 3 rings (SSSR count). The van der Waals surface area contributed by atoms with E-state index in [4.69, 9.17) is 4.99 Å². The van der Waals surface area contributed by atoms with E-state index >= 15 is 0 Å². The van der Waals surface area contributed by atoms with Crippen molar-refractivity contribution in [2.75, 3.05) is 26.2 Å². The van der Waals surface area contributed by atoms with E-state index in [0.29, 0.717) is 0 Å². The van der Waals surface area contributed by atoms with Crippen molar-refractivity contribution < 1.29 is 0 Å². The van der Waals surface area contributed by atoms with Crippen molar-refractivity contribution in [3.05, 3.63) is 54.1 Å². The fraction of sp³-hybridized carbons (Fsp3) is 0.545. The molecule has 0 saturated carbocycles. The largest absolute Gasteiger partial charge is 0.357 e. The smallest absolute Gasteiger partial charge is 0.193 e. The van der Waals surface area contributed by atoms with Crippen LogP contribution in [0.1, 0.15) is 38.6 Å². The summed E-state index contributed by atoms with van der Waals surface area (Å²) in [5.74, 6) is 3.60. The number of piperidine rings is 1. The molecule has 5 nitrogen and oxygen atoms in total. The summed E-state index contributed by atoms with van der Waals surface area (Å²) in [6, 6.07) is 10.5. The Kier molecular flexibility index (Phi) is 6.91. The van der Waals surface area contributed by atoms with Crippen LogP contribution in [0.25, 0.3) is 0 Å². The summed E-state index contributed by atoms with van der Waals surface area (Å²) < 4.78 is 2.23. The molecule has 1 aromatic carbocycles. The van der Waals surface area contributed by atoms with Gasteiger partial charge in [-0.05, 0) is 30.7 Å². The van der Waals surface area contributed by atoms with Gasteiger partial charge in [-0.1, -0.05) is 44.2 Å². The average molecular weight is 368 g/mol. The monoisotopic (exact) mass is 367 g/mol. The molecule has 2 atom stereocenters. The fourth-order valence-electron chi connectivity index (χ4n) is 4.02. The maximum absolute atomic E-state index is 4.91. The Morgan fingerprint density at radius 2 is 1.93 bits per heavy atom. The number of imidazole rings is 1. The second-order valence-electron chi connectivity index (χ2n) is 7.79. The molecule has 27 heavy (non-hydrogen) atoms. The molecule has 2 unspecified atom stereocenters. The van der Waals surface area contributed by atoms with Crippen LogP contribution < -0.4 is 5.32 Å². The highest BCUT2D eigenvalue weighted by Gasteiger charge is 2.23. The number of benzene rings is 1. The third kappa shape index (κ3) is 5.59. The molecule has 0 spiro atoms. The molecule has 0 radical (unpaired) electrons. The zero-order valence-electron chi connectivity index (χ0n) is 16.9. The van der Waals surface area contributed by atoms with Crippen LogP contribution in [0.5, 0.6) is 0 Å². The van der Waals surface area contributed by atoms with Crippen LogP contribution >= 0.6 is 0 Å². The summed E-state index contributed by atoms with van der Waals surface area (Å²) in [5.41, 5.74) is 1.30. The standard InChI is InChI=1S/C22H33N5/c1-4-23-22(27-15-18(2)14-19(3)16-27)25-11-10-21-24-12-13-26(21)17-20-8-6-5-7-9-20/h5-9,12-13,18-19H,4,10-11,14-17H2,1-3H3,(H,23,25). The lowest BCUT2D eigenvalue weighted by Crippen LogP contribution is -2.48. The number of guanidine groups is 1. The number of hydrogen-bond acceptors (Lipinski definition) is 2. The van der Waals surface area contributed by atoms with Gasteiger partial charge in [-0.3, -0.25) is 4.99 Å². The van der Waals surface area contributed by atoms with E-state index in [1.807, 2.05) is 6.20 Å². The number of likely N-dealkylation sites (tertiary alicyclic amines) is 1. The molecule has 1 N–H and O–H groups in total. The number of hydrogen-bond donors (Lipinski definition) is 1. The van der Waals surface area contributed by atoms with Gasteiger partial charge in [-0.2, -0.15) is 0 Å². The summed E-state index contributed by atoms with van der Waals surface area (Å²) in [6.45, 7) is 11.5. The molecule has 146 valence electrons. The SMILES string of the molecule is CCNC(=NCCc1nccn1Cc1ccccc1)N1CC(C)CC(C)C1. The fourth-order valence-corrected chi connectivity index (χ4v) is 4.02. The van der Waals surface area contributed by atoms with Gasteiger partial charge in [0.25, 0.3) is 0 Å². The normalized spacial score (nSPS) is 20.7. The van der Waals surface area contributed by atoms with E-state index < -0.39 is 0 Å². The van der Waals surface area contributed by atoms with Crippen molar-refractivity contribution in [1.82, 2.24) is 19.8 Å². The second-order valence-corrected chi connectivity index (χ2v) is 7.79. The Balaban J connectivity index is 1.62. The van der Waals surface area contributed by atoms with Crippen LogP contribution in [-0.2, 0) is 13.0 Å². The van der Waals surface area contributed by atoms with Crippen molar-refractivity contribution in [2.45, 2.75) is 40.2 Å². The molecule has 1 fully saturated rings. The molecule has 2 heterocycles. The second kappa shape index (κ2) is 9.58. The average Bonchev–Trinajstić information content (AvgIpc) is 3.08. The van der Waals surface area contributed by atoms with Gasteiger partial charge in [0.2, 0.25) is 0 Å². The topological polar surface area (TPSA) is 45.5 Å². The van der Waals surface area contributed by atoms with Crippen molar-refractivity contribution in [1.29, 1.82) is 0 Å². The highest BCUT2D eigenvalue weighted by atomic mass is 15.3. The van der Waals surface area contributed by atoms with Crippen LogP contribution in [0.15, 0.2) is 47.7 Å². The van der Waals surface area contributed by atoms with Gasteiger partial charge in [0.05, 0.1) is 0 Å². The van der Waals surface area contributed by atoms with Gasteiger partial charge >= 0.3 is 0 Å². The zero-order valence-corrected chi connectivity index (χ0v) is 16.9. The number of aromatic nitrogens is 2. The molecular formula is C22H33N5. The first-order valence-electron chi connectivity index (χ1n) is 10.2. The predicted octanol–water partition coefficient (Wildman–Crippen LogP) is 3.42. The number of nitrogens with zero attached hydrogens (tertiary/aromatic N) is 4. The van der Waals surface area contributed by atoms with Crippen LogP contribution in [0.2, 0.25) is 0 Å². The van der Waals surface area contributed by atoms with Crippen LogP contribution in [0.3, 0.4) is 0 Å². The molecule has 0 amide bonds. The molecule has 1 aliphatic heterocycles. The van der Waals surface area contributed by atoms with Gasteiger partial charge in [0.1, 0.15) is 5.82 Å². The van der Waals surface area contributed by atoms with Crippen molar-refractivity contribution >= 4 is 5.96 Å². The maximum atomic E-state index is 4.91. The van der Waals surface area contributed by atoms with Gasteiger partial charge in [0, 0.05) is 51.5 Å². The lowest BCUT2D eigenvalue weighted by molar-refractivity contribution is 0.208. The van der Waals surface area contributed by atoms with Crippen LogP contribution in [-0.4, -0.2) is 46.6 Å². The van der Waals surface area contributed by atoms with E-state index in [2.05, 4.69) is 77.1 Å². The van der Waals surface area contributed by atoms with E-state index in [-0.39, 0.29) is 0 Å². The Labute approximate surface area is 163 Å². The molecule has 2 aromatic rings. The summed E-state index contributed by atoms with van der Waals surface area (Å²) in [7, 11) is 0. The highest BCUT2D eigenvalue weighted by Crippen LogP contribution is 2.20. The molecular weight excluding hydrogens is 334 g/mol. The summed E-state index contributed by atoms with van der Waals surface area (Å²) in [6.07, 6.45) is 6.12. The minimum Gasteiger partial charge on any atom is -0.357 e. The molecule has 1 saturated heterocycles. The maximum Gasteiger partial charge on any atom is 0.193 e. The van der Waals surface area contributed by atoms with E-state index in [1.165, 1.54) is 12.0 Å². The minimum atomic E-state index is 0.724. The molecule has 5 heteroatoms. The molecule has 0 bridgehead atoms. The first kappa shape index (κ1) is 19.5. The van der Waals surface area contributed by atoms with Crippen molar-refractivity contribution in [3.8, 4) is 0 Å². The van der Waals surface area contributed by atoms with Gasteiger partial charge in [-0.25, -0.2) is 4.98 Å². The lowest BCUT2D eigenvalue weighted by Gasteiger charge is -2.37. The number of rotatable bonds is 6. The Hall–Kier alpha value is -2.30. The molecule has 0 aliphatic carbocycles. The van der Waals surface area contributed by atoms with E-state index in [0.717, 1.165) is 62.8 Å². The summed E-state index contributed by atoms with van der Waals surface area (Å²) in [4.78, 5) is 11.9. The Morgan fingerprint density at radius 1 is 1.19 bits per heavy atom. The predicted molar refractivity (Wildman–Crippen MR) is 112 cm³/mol. The minimum absolute atomic E-state index is 0.724. The van der Waals surface area contributed by atoms with Gasteiger partial charge in [0.15, 0.2) is 5.96 Å². The first-order chi connectivity index (χ1) is 13.2. The Morgan fingerprint density at radius 3 is 2.63 bits per heavy atom. The number of nitrogens with one attached hydrogen (secondary N) is 1. The lowest BCUT2D eigenvalue weighted by atomic mass is 9.92. The third-order valence-corrected chi connectivity index (χ3v) is 5.10. The zero-order chi connectivity index (χ0) is 19.1. The van der Waals surface area contributed by atoms with E-state index in [9.17, 15) is 0 Å².